The minimum absolute atomic E-state index is 0.0665. The second-order valence-electron chi connectivity index (χ2n) is 10.2. The van der Waals surface area contributed by atoms with E-state index in [1.54, 1.807) is 45.9 Å². The Bertz CT molecular complexity index is 1460. The van der Waals surface area contributed by atoms with Crippen molar-refractivity contribution >= 4 is 24.9 Å². The van der Waals surface area contributed by atoms with Crippen LogP contribution < -0.4 is 14.3 Å². The van der Waals surface area contributed by atoms with Gasteiger partial charge in [0.25, 0.3) is 5.85 Å². The summed E-state index contributed by atoms with van der Waals surface area (Å²) in [6.07, 6.45) is -3.51. The third-order valence-corrected chi connectivity index (χ3v) is 7.85. The quantitative estimate of drug-likeness (QED) is 0.224. The first-order chi connectivity index (χ1) is 19.7. The standard InChI is InChI=1S/C26H34F2N5O8P/c1-7-37-21-19-20(30-17(5)31-21)33(14-29-19)24-25(6,27)23(35)26(28,40-24)13-38-42(36,41-18-11-9-8-10-12-18)32-16(4)22(34)39-15(2)3/h8-12,14-16,23-24,35H,7,13H2,1-6H3,(H,32,36)/t16?,23-,24+,25+,26+,42+/m0/s1. The minimum Gasteiger partial charge on any atom is -0.476 e. The van der Waals surface area contributed by atoms with Crippen molar-refractivity contribution in [3.8, 4) is 11.6 Å². The summed E-state index contributed by atoms with van der Waals surface area (Å²) in [6, 6.07) is 6.56. The van der Waals surface area contributed by atoms with E-state index in [1.165, 1.54) is 19.1 Å². The molecule has 0 amide bonds. The number of aliphatic hydroxyl groups is 1. The molecule has 1 aliphatic heterocycles. The molecule has 2 N–H and O–H groups in total. The number of para-hydroxylation sites is 1. The number of hydrogen-bond donors (Lipinski definition) is 2. The molecule has 0 saturated carbocycles. The van der Waals surface area contributed by atoms with Crippen molar-refractivity contribution in [1.82, 2.24) is 24.6 Å². The summed E-state index contributed by atoms with van der Waals surface area (Å²) < 4.78 is 74.0. The van der Waals surface area contributed by atoms with Crippen molar-refractivity contribution in [3.05, 3.63) is 42.5 Å². The molecule has 0 radical (unpaired) electrons. The fourth-order valence-corrected chi connectivity index (χ4v) is 5.78. The molecule has 1 aromatic carbocycles. The van der Waals surface area contributed by atoms with Crippen LogP contribution in [0.1, 0.15) is 46.7 Å². The number of aromatic nitrogens is 4. The van der Waals surface area contributed by atoms with E-state index in [1.807, 2.05) is 0 Å². The summed E-state index contributed by atoms with van der Waals surface area (Å²) in [5.41, 5.74) is -2.49. The van der Waals surface area contributed by atoms with Crippen LogP contribution in [-0.2, 0) is 23.4 Å². The average Bonchev–Trinajstić information content (AvgIpc) is 3.40. The maximum atomic E-state index is 16.2. The topological polar surface area (TPSA) is 156 Å². The van der Waals surface area contributed by atoms with Gasteiger partial charge in [-0.2, -0.15) is 10.1 Å². The lowest BCUT2D eigenvalue weighted by atomic mass is 9.97. The number of rotatable bonds is 12. The van der Waals surface area contributed by atoms with Crippen LogP contribution >= 0.6 is 7.75 Å². The van der Waals surface area contributed by atoms with Gasteiger partial charge in [-0.05, 0) is 53.7 Å². The third kappa shape index (κ3) is 6.55. The number of alkyl halides is 2. The molecule has 1 saturated heterocycles. The molecule has 6 atom stereocenters. The van der Waals surface area contributed by atoms with Gasteiger partial charge < -0.3 is 23.8 Å². The van der Waals surface area contributed by atoms with Gasteiger partial charge in [-0.15, -0.1) is 0 Å². The maximum absolute atomic E-state index is 16.2. The second-order valence-corrected chi connectivity index (χ2v) is 11.8. The number of carbonyl (C=O) groups excluding carboxylic acids is 1. The summed E-state index contributed by atoms with van der Waals surface area (Å²) in [4.78, 5) is 25.0. The Morgan fingerprint density at radius 2 is 1.93 bits per heavy atom. The number of esters is 1. The Hall–Kier alpha value is -3.23. The van der Waals surface area contributed by atoms with Gasteiger partial charge in [0.1, 0.15) is 24.2 Å². The van der Waals surface area contributed by atoms with Crippen LogP contribution in [-0.4, -0.2) is 73.6 Å². The normalized spacial score (nSPS) is 26.2. The van der Waals surface area contributed by atoms with Crippen molar-refractivity contribution in [2.24, 2.45) is 0 Å². The monoisotopic (exact) mass is 613 g/mol. The zero-order valence-electron chi connectivity index (χ0n) is 24.0. The zero-order chi connectivity index (χ0) is 30.9. The molecule has 0 bridgehead atoms. The first-order valence-electron chi connectivity index (χ1n) is 13.2. The zero-order valence-corrected chi connectivity index (χ0v) is 24.9. The van der Waals surface area contributed by atoms with Gasteiger partial charge in [0.05, 0.1) is 19.0 Å². The maximum Gasteiger partial charge on any atom is 0.459 e. The lowest BCUT2D eigenvalue weighted by molar-refractivity contribution is -0.202. The van der Waals surface area contributed by atoms with Crippen molar-refractivity contribution in [1.29, 1.82) is 0 Å². The Balaban J connectivity index is 1.61. The molecule has 1 aliphatic rings. The van der Waals surface area contributed by atoms with E-state index in [0.717, 1.165) is 17.8 Å². The van der Waals surface area contributed by atoms with E-state index < -0.39 is 56.3 Å². The Morgan fingerprint density at radius 1 is 1.24 bits per heavy atom. The van der Waals surface area contributed by atoms with E-state index in [-0.39, 0.29) is 35.2 Å². The van der Waals surface area contributed by atoms with Gasteiger partial charge in [-0.1, -0.05) is 18.2 Å². The van der Waals surface area contributed by atoms with E-state index >= 15 is 8.78 Å². The van der Waals surface area contributed by atoms with Crippen LogP contribution in [0.2, 0.25) is 0 Å². The van der Waals surface area contributed by atoms with E-state index in [9.17, 15) is 14.5 Å². The number of carbonyl (C=O) groups is 1. The predicted molar refractivity (Wildman–Crippen MR) is 145 cm³/mol. The summed E-state index contributed by atoms with van der Waals surface area (Å²) in [7, 11) is -4.56. The number of fused-ring (bicyclic) bond motifs is 1. The highest BCUT2D eigenvalue weighted by Gasteiger charge is 2.65. The highest BCUT2D eigenvalue weighted by molar-refractivity contribution is 7.52. The fourth-order valence-electron chi connectivity index (χ4n) is 4.27. The number of aliphatic hydroxyl groups excluding tert-OH is 1. The molecule has 42 heavy (non-hydrogen) atoms. The van der Waals surface area contributed by atoms with Gasteiger partial charge in [0.15, 0.2) is 29.2 Å². The van der Waals surface area contributed by atoms with E-state index in [0.29, 0.717) is 0 Å². The molecule has 3 aromatic rings. The van der Waals surface area contributed by atoms with Gasteiger partial charge in [0.2, 0.25) is 5.88 Å². The first kappa shape index (κ1) is 31.7. The second kappa shape index (κ2) is 12.2. The molecule has 16 heteroatoms. The number of benzene rings is 1. The highest BCUT2D eigenvalue weighted by Crippen LogP contribution is 2.52. The molecule has 1 fully saturated rings. The van der Waals surface area contributed by atoms with E-state index in [2.05, 4.69) is 20.0 Å². The number of nitrogens with one attached hydrogen (secondary N) is 1. The predicted octanol–water partition coefficient (Wildman–Crippen LogP) is 3.95. The summed E-state index contributed by atoms with van der Waals surface area (Å²) in [6.45, 7) is 7.90. The summed E-state index contributed by atoms with van der Waals surface area (Å²) >= 11 is 0. The molecule has 3 heterocycles. The summed E-state index contributed by atoms with van der Waals surface area (Å²) in [5.74, 6) is -3.52. The number of ether oxygens (including phenoxy) is 3. The number of imidazole rings is 1. The van der Waals surface area contributed by atoms with Crippen molar-refractivity contribution in [2.45, 2.75) is 77.5 Å². The number of halogens is 2. The number of nitrogens with zero attached hydrogens (tertiary/aromatic N) is 4. The summed E-state index contributed by atoms with van der Waals surface area (Å²) in [5, 5.41) is 13.2. The molecule has 2 aromatic heterocycles. The minimum atomic E-state index is -4.56. The van der Waals surface area contributed by atoms with Crippen molar-refractivity contribution in [2.75, 3.05) is 13.2 Å². The molecule has 230 valence electrons. The molecule has 0 spiro atoms. The van der Waals surface area contributed by atoms with Gasteiger partial charge in [-0.25, -0.2) is 23.3 Å². The largest absolute Gasteiger partial charge is 0.476 e. The SMILES string of the molecule is CCOc1nc(C)nc2c1ncn2[C@@H]1O[C@](F)(CO[P@](=O)(NC(C)C(=O)OC(C)C)Oc2ccccc2)[C@@H](O)[C@@]1(C)F. The number of aryl methyl sites for hydroxylation is 1. The molecule has 1 unspecified atom stereocenters. The molecular weight excluding hydrogens is 579 g/mol. The van der Waals surface area contributed by atoms with E-state index in [4.69, 9.17) is 23.3 Å². The lowest BCUT2D eigenvalue weighted by Gasteiger charge is -2.28. The van der Waals surface area contributed by atoms with Crippen LogP contribution in [0, 0.1) is 6.92 Å². The van der Waals surface area contributed by atoms with Gasteiger partial charge in [-0.3, -0.25) is 13.9 Å². The van der Waals surface area contributed by atoms with Gasteiger partial charge in [0, 0.05) is 0 Å². The molecular formula is C26H34F2N5O8P. The van der Waals surface area contributed by atoms with Crippen LogP contribution in [0.3, 0.4) is 0 Å². The lowest BCUT2D eigenvalue weighted by Crippen LogP contribution is -2.47. The Labute approximate surface area is 241 Å². The van der Waals surface area contributed by atoms with Crippen LogP contribution in [0.4, 0.5) is 8.78 Å². The van der Waals surface area contributed by atoms with Crippen LogP contribution in [0.5, 0.6) is 11.6 Å². The highest BCUT2D eigenvalue weighted by atomic mass is 31.2. The number of hydrogen-bond acceptors (Lipinski definition) is 11. The Kier molecular flexibility index (Phi) is 9.19. The van der Waals surface area contributed by atoms with Crippen LogP contribution in [0.15, 0.2) is 36.7 Å². The molecule has 13 nitrogen and oxygen atoms in total. The Morgan fingerprint density at radius 3 is 2.57 bits per heavy atom. The van der Waals surface area contributed by atoms with Crippen LogP contribution in [0.25, 0.3) is 11.2 Å². The molecule has 4 rings (SSSR count). The van der Waals surface area contributed by atoms with Gasteiger partial charge >= 0.3 is 13.7 Å². The fraction of sp³-hybridized carbons (Fsp3) is 0.538. The smallest absolute Gasteiger partial charge is 0.459 e. The molecule has 0 aliphatic carbocycles. The third-order valence-electron chi connectivity index (χ3n) is 6.23. The van der Waals surface area contributed by atoms with Crippen molar-refractivity contribution < 1.29 is 46.5 Å². The van der Waals surface area contributed by atoms with Crippen molar-refractivity contribution in [3.63, 3.8) is 0 Å². The first-order valence-corrected chi connectivity index (χ1v) is 14.8. The average molecular weight is 614 g/mol.